The molecule has 1 amide bonds. The summed E-state index contributed by atoms with van der Waals surface area (Å²) in [5.41, 5.74) is 7.22. The number of aromatic nitrogens is 2. The fourth-order valence-corrected chi connectivity index (χ4v) is 1.93. The lowest BCUT2D eigenvalue weighted by atomic mass is 10.0. The third-order valence-corrected chi connectivity index (χ3v) is 3.14. The number of carbonyl (C=O) groups is 1. The van der Waals surface area contributed by atoms with Gasteiger partial charge in [-0.15, -0.1) is 0 Å². The maximum atomic E-state index is 11.9. The normalized spacial score (nSPS) is 12.6. The van der Waals surface area contributed by atoms with E-state index in [4.69, 9.17) is 5.73 Å². The summed E-state index contributed by atoms with van der Waals surface area (Å²) in [6, 6.07) is 5.71. The van der Waals surface area contributed by atoms with E-state index in [1.165, 1.54) is 0 Å². The SMILES string of the molecule is CCC(CN)CC(=O)Nc1cccc2cn[nH]c12. The van der Waals surface area contributed by atoms with E-state index in [0.29, 0.717) is 13.0 Å². The van der Waals surface area contributed by atoms with Crippen molar-refractivity contribution in [3.05, 3.63) is 24.4 Å². The molecule has 96 valence electrons. The van der Waals surface area contributed by atoms with E-state index in [1.807, 2.05) is 25.1 Å². The van der Waals surface area contributed by atoms with Crippen molar-refractivity contribution in [1.29, 1.82) is 0 Å². The Morgan fingerprint density at radius 3 is 3.11 bits per heavy atom. The first-order valence-electron chi connectivity index (χ1n) is 6.16. The van der Waals surface area contributed by atoms with Crippen LogP contribution in [0.5, 0.6) is 0 Å². The quantitative estimate of drug-likeness (QED) is 0.753. The smallest absolute Gasteiger partial charge is 0.224 e. The van der Waals surface area contributed by atoms with Crippen molar-refractivity contribution >= 4 is 22.5 Å². The second kappa shape index (κ2) is 5.64. The number of hydrogen-bond acceptors (Lipinski definition) is 3. The van der Waals surface area contributed by atoms with Gasteiger partial charge in [0.05, 0.1) is 17.4 Å². The van der Waals surface area contributed by atoms with Crippen molar-refractivity contribution in [1.82, 2.24) is 10.2 Å². The third kappa shape index (κ3) is 2.68. The van der Waals surface area contributed by atoms with Crippen LogP contribution < -0.4 is 11.1 Å². The molecule has 0 spiro atoms. The summed E-state index contributed by atoms with van der Waals surface area (Å²) in [7, 11) is 0. The van der Waals surface area contributed by atoms with Crippen LogP contribution in [0.4, 0.5) is 5.69 Å². The Kier molecular flexibility index (Phi) is 3.94. The molecule has 0 saturated heterocycles. The number of nitrogens with one attached hydrogen (secondary N) is 2. The first kappa shape index (κ1) is 12.6. The highest BCUT2D eigenvalue weighted by atomic mass is 16.1. The van der Waals surface area contributed by atoms with Gasteiger partial charge in [-0.25, -0.2) is 0 Å². The minimum Gasteiger partial charge on any atom is -0.330 e. The van der Waals surface area contributed by atoms with Crippen LogP contribution in [0.15, 0.2) is 24.4 Å². The van der Waals surface area contributed by atoms with Crippen LogP contribution in [-0.2, 0) is 4.79 Å². The summed E-state index contributed by atoms with van der Waals surface area (Å²) in [5.74, 6) is 0.236. The van der Waals surface area contributed by atoms with Gasteiger partial charge in [0, 0.05) is 11.8 Å². The largest absolute Gasteiger partial charge is 0.330 e. The number of hydrogen-bond donors (Lipinski definition) is 3. The van der Waals surface area contributed by atoms with Crippen molar-refractivity contribution in [2.45, 2.75) is 19.8 Å². The number of H-pyrrole nitrogens is 1. The molecule has 1 atom stereocenters. The first-order valence-corrected chi connectivity index (χ1v) is 6.16. The van der Waals surface area contributed by atoms with Gasteiger partial charge in [0.1, 0.15) is 0 Å². The fourth-order valence-electron chi connectivity index (χ4n) is 1.93. The second-order valence-electron chi connectivity index (χ2n) is 4.40. The number of benzene rings is 1. The maximum Gasteiger partial charge on any atom is 0.224 e. The maximum absolute atomic E-state index is 11.9. The monoisotopic (exact) mass is 246 g/mol. The topological polar surface area (TPSA) is 83.8 Å². The Hall–Kier alpha value is -1.88. The zero-order valence-corrected chi connectivity index (χ0v) is 10.4. The Morgan fingerprint density at radius 2 is 2.39 bits per heavy atom. The van der Waals surface area contributed by atoms with Crippen molar-refractivity contribution in [2.24, 2.45) is 11.7 Å². The van der Waals surface area contributed by atoms with Crippen LogP contribution in [0.3, 0.4) is 0 Å². The van der Waals surface area contributed by atoms with Gasteiger partial charge < -0.3 is 11.1 Å². The number of aromatic amines is 1. The average molecular weight is 246 g/mol. The van der Waals surface area contributed by atoms with Gasteiger partial charge in [0.15, 0.2) is 0 Å². The van der Waals surface area contributed by atoms with E-state index >= 15 is 0 Å². The average Bonchev–Trinajstić information content (AvgIpc) is 2.85. The predicted molar refractivity (Wildman–Crippen MR) is 72.2 cm³/mol. The third-order valence-electron chi connectivity index (χ3n) is 3.14. The molecule has 4 N–H and O–H groups in total. The molecular formula is C13H18N4O. The Morgan fingerprint density at radius 1 is 1.56 bits per heavy atom. The molecule has 0 aliphatic rings. The number of para-hydroxylation sites is 1. The number of fused-ring (bicyclic) bond motifs is 1. The van der Waals surface area contributed by atoms with E-state index in [1.54, 1.807) is 6.20 Å². The summed E-state index contributed by atoms with van der Waals surface area (Å²) in [6.07, 6.45) is 3.11. The van der Waals surface area contributed by atoms with Gasteiger partial charge in [-0.05, 0) is 18.5 Å². The zero-order chi connectivity index (χ0) is 13.0. The predicted octanol–water partition coefficient (Wildman–Crippen LogP) is 1.88. The number of anilines is 1. The van der Waals surface area contributed by atoms with Crippen LogP contribution in [0.2, 0.25) is 0 Å². The summed E-state index contributed by atoms with van der Waals surface area (Å²) in [4.78, 5) is 11.9. The molecule has 2 rings (SSSR count). The molecule has 1 unspecified atom stereocenters. The van der Waals surface area contributed by atoms with E-state index in [2.05, 4.69) is 15.5 Å². The number of nitrogens with two attached hydrogens (primary N) is 1. The number of amides is 1. The van der Waals surface area contributed by atoms with Crippen LogP contribution in [0.25, 0.3) is 10.9 Å². The highest BCUT2D eigenvalue weighted by molar-refractivity contribution is 6.00. The second-order valence-corrected chi connectivity index (χ2v) is 4.40. The molecule has 0 bridgehead atoms. The van der Waals surface area contributed by atoms with Crippen molar-refractivity contribution in [3.8, 4) is 0 Å². The van der Waals surface area contributed by atoms with Gasteiger partial charge >= 0.3 is 0 Å². The van der Waals surface area contributed by atoms with Gasteiger partial charge in [0.2, 0.25) is 5.91 Å². The van der Waals surface area contributed by atoms with Crippen LogP contribution in [0.1, 0.15) is 19.8 Å². The van der Waals surface area contributed by atoms with Gasteiger partial charge in [0.25, 0.3) is 0 Å². The van der Waals surface area contributed by atoms with E-state index in [0.717, 1.165) is 23.0 Å². The highest BCUT2D eigenvalue weighted by Gasteiger charge is 2.12. The minimum atomic E-state index is -0.00519. The van der Waals surface area contributed by atoms with Gasteiger partial charge in [-0.1, -0.05) is 25.5 Å². The zero-order valence-electron chi connectivity index (χ0n) is 10.4. The lowest BCUT2D eigenvalue weighted by molar-refractivity contribution is -0.117. The van der Waals surface area contributed by atoms with Crippen molar-refractivity contribution in [3.63, 3.8) is 0 Å². The van der Waals surface area contributed by atoms with Crippen LogP contribution >= 0.6 is 0 Å². The molecule has 0 aliphatic heterocycles. The Labute approximate surface area is 106 Å². The van der Waals surface area contributed by atoms with E-state index in [-0.39, 0.29) is 11.8 Å². The summed E-state index contributed by atoms with van der Waals surface area (Å²) in [6.45, 7) is 2.58. The lowest BCUT2D eigenvalue weighted by Crippen LogP contribution is -2.21. The van der Waals surface area contributed by atoms with Crippen LogP contribution in [-0.4, -0.2) is 22.6 Å². The number of nitrogens with zero attached hydrogens (tertiary/aromatic N) is 1. The van der Waals surface area contributed by atoms with Gasteiger partial charge in [-0.3, -0.25) is 9.89 Å². The molecule has 0 aliphatic carbocycles. The molecule has 1 aromatic heterocycles. The van der Waals surface area contributed by atoms with E-state index < -0.39 is 0 Å². The number of rotatable bonds is 5. The molecule has 0 saturated carbocycles. The first-order chi connectivity index (χ1) is 8.74. The summed E-state index contributed by atoms with van der Waals surface area (Å²) < 4.78 is 0. The molecule has 1 aromatic carbocycles. The molecule has 5 heteroatoms. The van der Waals surface area contributed by atoms with Crippen molar-refractivity contribution in [2.75, 3.05) is 11.9 Å². The fraction of sp³-hybridized carbons (Fsp3) is 0.385. The standard InChI is InChI=1S/C13H18N4O/c1-2-9(7-14)6-12(18)16-11-5-3-4-10-8-15-17-13(10)11/h3-5,8-9H,2,6-7,14H2,1H3,(H,15,17)(H,16,18). The van der Waals surface area contributed by atoms with Gasteiger partial charge in [-0.2, -0.15) is 5.10 Å². The molecule has 2 aromatic rings. The Bertz CT molecular complexity index is 531. The highest BCUT2D eigenvalue weighted by Crippen LogP contribution is 2.21. The summed E-state index contributed by atoms with van der Waals surface area (Å²) in [5, 5.41) is 10.7. The summed E-state index contributed by atoms with van der Waals surface area (Å²) >= 11 is 0. The van der Waals surface area contributed by atoms with E-state index in [9.17, 15) is 4.79 Å². The molecule has 0 radical (unpaired) electrons. The van der Waals surface area contributed by atoms with Crippen molar-refractivity contribution < 1.29 is 4.79 Å². The number of carbonyl (C=O) groups excluding carboxylic acids is 1. The molecular weight excluding hydrogens is 228 g/mol. The molecule has 5 nitrogen and oxygen atoms in total. The molecule has 0 fully saturated rings. The minimum absolute atomic E-state index is 0.00519. The molecule has 18 heavy (non-hydrogen) atoms. The Balaban J connectivity index is 2.09. The molecule has 1 heterocycles. The lowest BCUT2D eigenvalue weighted by Gasteiger charge is -2.12. The van der Waals surface area contributed by atoms with Crippen LogP contribution in [0, 0.1) is 5.92 Å².